The van der Waals surface area contributed by atoms with Gasteiger partial charge in [-0.3, -0.25) is 9.89 Å². The minimum absolute atomic E-state index is 0.0668. The number of amides is 1. The number of aromatic amines is 1. The van der Waals surface area contributed by atoms with Gasteiger partial charge in [0.05, 0.1) is 19.3 Å². The van der Waals surface area contributed by atoms with E-state index in [0.29, 0.717) is 53.2 Å². The summed E-state index contributed by atoms with van der Waals surface area (Å²) < 4.78 is 12.0. The number of fused-ring (bicyclic) bond motifs is 1. The molecule has 3 aromatic rings. The van der Waals surface area contributed by atoms with Crippen LogP contribution in [-0.4, -0.2) is 45.9 Å². The number of nitrogens with zero attached hydrogens (tertiary/aromatic N) is 2. The van der Waals surface area contributed by atoms with Crippen LogP contribution in [0.2, 0.25) is 5.02 Å². The number of benzene rings is 2. The van der Waals surface area contributed by atoms with Gasteiger partial charge in [0.15, 0.2) is 11.5 Å². The molecule has 1 aromatic heterocycles. The lowest BCUT2D eigenvalue weighted by molar-refractivity contribution is 0.0743. The van der Waals surface area contributed by atoms with Crippen LogP contribution in [0, 0.1) is 6.92 Å². The van der Waals surface area contributed by atoms with Crippen molar-refractivity contribution in [2.45, 2.75) is 59.4 Å². The van der Waals surface area contributed by atoms with Crippen molar-refractivity contribution in [3.05, 3.63) is 57.7 Å². The van der Waals surface area contributed by atoms with Crippen molar-refractivity contribution in [2.75, 3.05) is 19.8 Å². The molecule has 1 unspecified atom stereocenters. The van der Waals surface area contributed by atoms with E-state index in [1.165, 1.54) is 0 Å². The topological polar surface area (TPSA) is 87.7 Å². The lowest BCUT2D eigenvalue weighted by Gasteiger charge is -2.27. The van der Waals surface area contributed by atoms with E-state index in [4.69, 9.17) is 21.1 Å². The number of ether oxygens (including phenoxy) is 2. The highest BCUT2D eigenvalue weighted by atomic mass is 35.5. The number of rotatable bonds is 11. The molecule has 2 heterocycles. The normalized spacial score (nSPS) is 14.9. The van der Waals surface area contributed by atoms with Crippen LogP contribution in [0.4, 0.5) is 0 Å². The number of carbonyl (C=O) groups is 1. The van der Waals surface area contributed by atoms with Gasteiger partial charge in [-0.2, -0.15) is 5.10 Å². The Balaban J connectivity index is 1.80. The van der Waals surface area contributed by atoms with Crippen LogP contribution in [0.15, 0.2) is 30.3 Å². The smallest absolute Gasteiger partial charge is 0.273 e. The maximum atomic E-state index is 13.4. The molecule has 1 amide bonds. The predicted molar refractivity (Wildman–Crippen MR) is 141 cm³/mol. The number of halogens is 1. The van der Waals surface area contributed by atoms with E-state index in [0.717, 1.165) is 42.4 Å². The molecule has 0 radical (unpaired) electrons. The predicted octanol–water partition coefficient (Wildman–Crippen LogP) is 6.67. The molecule has 0 saturated heterocycles. The molecule has 0 saturated carbocycles. The molecule has 2 N–H and O–H groups in total. The van der Waals surface area contributed by atoms with Gasteiger partial charge in [-0.1, -0.05) is 44.4 Å². The number of aryl methyl sites for hydroxylation is 1. The fraction of sp³-hybridized carbons (Fsp3) is 0.429. The molecule has 2 aromatic carbocycles. The van der Waals surface area contributed by atoms with Gasteiger partial charge in [0, 0.05) is 22.7 Å². The number of H-pyrrole nitrogens is 1. The maximum Gasteiger partial charge on any atom is 0.273 e. The van der Waals surface area contributed by atoms with Crippen LogP contribution in [0.25, 0.3) is 11.3 Å². The summed E-state index contributed by atoms with van der Waals surface area (Å²) in [4.78, 5) is 15.3. The van der Waals surface area contributed by atoms with Gasteiger partial charge in [0.2, 0.25) is 0 Å². The van der Waals surface area contributed by atoms with E-state index in [1.54, 1.807) is 12.1 Å². The van der Waals surface area contributed by atoms with Crippen molar-refractivity contribution in [3.8, 4) is 28.5 Å². The monoisotopic (exact) mass is 511 g/mol. The number of nitrogens with one attached hydrogen (secondary N) is 1. The molecule has 8 heteroatoms. The molecule has 36 heavy (non-hydrogen) atoms. The van der Waals surface area contributed by atoms with Crippen LogP contribution in [0.5, 0.6) is 17.2 Å². The molecule has 1 aliphatic rings. The van der Waals surface area contributed by atoms with Crippen molar-refractivity contribution < 1.29 is 19.4 Å². The fourth-order valence-corrected chi connectivity index (χ4v) is 4.86. The van der Waals surface area contributed by atoms with Crippen molar-refractivity contribution in [2.24, 2.45) is 0 Å². The minimum Gasteiger partial charge on any atom is -0.507 e. The van der Waals surface area contributed by atoms with E-state index in [-0.39, 0.29) is 11.7 Å². The third-order valence-corrected chi connectivity index (χ3v) is 6.86. The summed E-state index contributed by atoms with van der Waals surface area (Å²) >= 11 is 6.39. The largest absolute Gasteiger partial charge is 0.507 e. The Morgan fingerprint density at radius 3 is 2.61 bits per heavy atom. The minimum atomic E-state index is -0.394. The maximum absolute atomic E-state index is 13.4. The summed E-state index contributed by atoms with van der Waals surface area (Å²) in [6.45, 7) is 9.67. The molecule has 0 fully saturated rings. The van der Waals surface area contributed by atoms with E-state index in [1.807, 2.05) is 43.9 Å². The number of phenolic OH excluding ortho intramolecular Hbond substituents is 1. The number of hydrogen-bond acceptors (Lipinski definition) is 5. The average molecular weight is 512 g/mol. The summed E-state index contributed by atoms with van der Waals surface area (Å²) in [5.74, 6) is 1.29. The molecule has 192 valence electrons. The van der Waals surface area contributed by atoms with Gasteiger partial charge in [-0.05, 0) is 62.1 Å². The molecular weight excluding hydrogens is 478 g/mol. The number of phenols is 1. The summed E-state index contributed by atoms with van der Waals surface area (Å²) in [5.41, 5.74) is 3.81. The van der Waals surface area contributed by atoms with Crippen LogP contribution >= 0.6 is 11.6 Å². The van der Waals surface area contributed by atoms with E-state index in [2.05, 4.69) is 17.1 Å². The van der Waals surface area contributed by atoms with Crippen LogP contribution in [-0.2, 0) is 0 Å². The van der Waals surface area contributed by atoms with Gasteiger partial charge in [-0.25, -0.2) is 0 Å². The average Bonchev–Trinajstić information content (AvgIpc) is 3.39. The fourth-order valence-electron chi connectivity index (χ4n) is 4.69. The zero-order valence-corrected chi connectivity index (χ0v) is 22.1. The van der Waals surface area contributed by atoms with E-state index >= 15 is 0 Å². The standard InChI is InChI=1S/C28H34ClN3O4/c1-5-8-9-13-36-22-11-10-18(15-23(22)35-7-3)27-24-25(19-16-20(29)17(4)14-21(19)33)30-31-26(24)28(34)32(27)12-6-2/h10-11,14-16,27,33H,5-9,12-13H2,1-4H3,(H,30,31). The first-order valence-electron chi connectivity index (χ1n) is 12.7. The number of unbranched alkanes of at least 4 members (excludes halogenated alkanes) is 2. The SMILES string of the molecule is CCCCCOc1ccc(C2c3c(-c4cc(Cl)c(C)cc4O)n[nH]c3C(=O)N2CCC)cc1OCC. The van der Waals surface area contributed by atoms with Gasteiger partial charge < -0.3 is 19.5 Å². The van der Waals surface area contributed by atoms with Gasteiger partial charge in [0.1, 0.15) is 17.1 Å². The molecule has 0 bridgehead atoms. The highest BCUT2D eigenvalue weighted by Crippen LogP contribution is 2.46. The highest BCUT2D eigenvalue weighted by Gasteiger charge is 2.42. The lowest BCUT2D eigenvalue weighted by Crippen LogP contribution is -2.30. The summed E-state index contributed by atoms with van der Waals surface area (Å²) in [6.07, 6.45) is 4.02. The summed E-state index contributed by atoms with van der Waals surface area (Å²) in [7, 11) is 0. The second kappa shape index (κ2) is 11.2. The number of hydrogen-bond donors (Lipinski definition) is 2. The second-order valence-electron chi connectivity index (χ2n) is 9.08. The van der Waals surface area contributed by atoms with Crippen molar-refractivity contribution in [3.63, 3.8) is 0 Å². The second-order valence-corrected chi connectivity index (χ2v) is 9.48. The molecular formula is C28H34ClN3O4. The molecule has 0 aliphatic carbocycles. The Morgan fingerprint density at radius 1 is 1.08 bits per heavy atom. The Kier molecular flexibility index (Phi) is 8.09. The number of aromatic nitrogens is 2. The summed E-state index contributed by atoms with van der Waals surface area (Å²) in [6, 6.07) is 8.77. The van der Waals surface area contributed by atoms with Gasteiger partial charge in [0.25, 0.3) is 5.91 Å². The van der Waals surface area contributed by atoms with Crippen molar-refractivity contribution in [1.29, 1.82) is 0 Å². The Hall–Kier alpha value is -3.19. The van der Waals surface area contributed by atoms with Crippen LogP contribution in [0.3, 0.4) is 0 Å². The van der Waals surface area contributed by atoms with Crippen LogP contribution in [0.1, 0.15) is 79.7 Å². The van der Waals surface area contributed by atoms with Gasteiger partial charge in [-0.15, -0.1) is 0 Å². The third kappa shape index (κ3) is 4.89. The zero-order chi connectivity index (χ0) is 25.8. The highest BCUT2D eigenvalue weighted by molar-refractivity contribution is 6.31. The van der Waals surface area contributed by atoms with Gasteiger partial charge >= 0.3 is 0 Å². The van der Waals surface area contributed by atoms with Crippen molar-refractivity contribution >= 4 is 17.5 Å². The molecule has 0 spiro atoms. The Bertz CT molecular complexity index is 1240. The lowest BCUT2D eigenvalue weighted by atomic mass is 9.95. The summed E-state index contributed by atoms with van der Waals surface area (Å²) in [5, 5.41) is 18.6. The van der Waals surface area contributed by atoms with Crippen molar-refractivity contribution in [1.82, 2.24) is 15.1 Å². The molecule has 4 rings (SSSR count). The molecule has 1 aliphatic heterocycles. The number of aromatic hydroxyl groups is 1. The first-order valence-corrected chi connectivity index (χ1v) is 13.1. The number of carbonyl (C=O) groups excluding carboxylic acids is 1. The Morgan fingerprint density at radius 2 is 1.89 bits per heavy atom. The molecule has 1 atom stereocenters. The van der Waals surface area contributed by atoms with Crippen LogP contribution < -0.4 is 9.47 Å². The molecule has 7 nitrogen and oxygen atoms in total. The third-order valence-electron chi connectivity index (χ3n) is 6.45. The quantitative estimate of drug-likeness (QED) is 0.281. The zero-order valence-electron chi connectivity index (χ0n) is 21.4. The van der Waals surface area contributed by atoms with E-state index < -0.39 is 6.04 Å². The Labute approximate surface area is 217 Å². The first kappa shape index (κ1) is 25.9. The van der Waals surface area contributed by atoms with E-state index in [9.17, 15) is 9.90 Å². The first-order chi connectivity index (χ1) is 17.4.